The molecular weight excluding hydrogens is 250 g/mol. The Morgan fingerprint density at radius 1 is 1.33 bits per heavy atom. The van der Waals surface area contributed by atoms with Crippen LogP contribution >= 0.6 is 0 Å². The minimum absolute atomic E-state index is 0.145. The molecule has 1 aromatic rings. The summed E-state index contributed by atoms with van der Waals surface area (Å²) in [6, 6.07) is 2.73. The summed E-state index contributed by atoms with van der Waals surface area (Å²) < 4.78 is 56.8. The molecule has 2 rings (SSSR count). The van der Waals surface area contributed by atoms with Crippen LogP contribution < -0.4 is 10.1 Å². The molecule has 0 saturated carbocycles. The summed E-state index contributed by atoms with van der Waals surface area (Å²) in [5.74, 6) is -3.48. The third-order valence-corrected chi connectivity index (χ3v) is 3.01. The van der Waals surface area contributed by atoms with E-state index in [0.29, 0.717) is 18.8 Å². The van der Waals surface area contributed by atoms with Crippen LogP contribution in [0.1, 0.15) is 17.2 Å². The Hall–Kier alpha value is -1.30. The maximum absolute atomic E-state index is 13.4. The van der Waals surface area contributed by atoms with E-state index in [1.165, 1.54) is 19.2 Å². The zero-order valence-corrected chi connectivity index (χ0v) is 9.72. The maximum Gasteiger partial charge on any atom is 0.326 e. The Labute approximate surface area is 102 Å². The number of benzene rings is 1. The van der Waals surface area contributed by atoms with Gasteiger partial charge in [0.1, 0.15) is 11.8 Å². The Bertz CT molecular complexity index is 436. The quantitative estimate of drug-likeness (QED) is 0.843. The van der Waals surface area contributed by atoms with E-state index in [1.807, 2.05) is 0 Å². The fraction of sp³-hybridized carbons (Fsp3) is 0.500. The van der Waals surface area contributed by atoms with Crippen molar-refractivity contribution in [2.45, 2.75) is 24.8 Å². The number of fused-ring (bicyclic) bond motifs is 1. The number of alkyl halides is 4. The molecule has 1 aliphatic rings. The summed E-state index contributed by atoms with van der Waals surface area (Å²) in [6.07, 6.45) is -3.10. The molecule has 1 atom stereocenters. The van der Waals surface area contributed by atoms with Gasteiger partial charge in [-0.05, 0) is 24.2 Å². The molecule has 1 heterocycles. The van der Waals surface area contributed by atoms with Crippen LogP contribution in [-0.2, 0) is 6.42 Å². The zero-order chi connectivity index (χ0) is 13.3. The first-order chi connectivity index (χ1) is 8.46. The Morgan fingerprint density at radius 2 is 2.06 bits per heavy atom. The van der Waals surface area contributed by atoms with Crippen LogP contribution in [0.3, 0.4) is 0 Å². The first-order valence-electron chi connectivity index (χ1n) is 5.55. The van der Waals surface area contributed by atoms with Crippen LogP contribution in [0.15, 0.2) is 18.2 Å². The van der Waals surface area contributed by atoms with Crippen LogP contribution in [-0.4, -0.2) is 26.0 Å². The van der Waals surface area contributed by atoms with Crippen molar-refractivity contribution >= 4 is 0 Å². The Morgan fingerprint density at radius 3 is 2.67 bits per heavy atom. The molecule has 2 nitrogen and oxygen atoms in total. The lowest BCUT2D eigenvalue weighted by molar-refractivity contribution is -0.150. The monoisotopic (exact) mass is 263 g/mol. The van der Waals surface area contributed by atoms with Gasteiger partial charge in [0, 0.05) is 6.42 Å². The highest BCUT2D eigenvalue weighted by Crippen LogP contribution is 2.38. The lowest BCUT2D eigenvalue weighted by atomic mass is 9.98. The van der Waals surface area contributed by atoms with E-state index in [1.54, 1.807) is 6.07 Å². The van der Waals surface area contributed by atoms with E-state index >= 15 is 0 Å². The zero-order valence-electron chi connectivity index (χ0n) is 9.72. The second-order valence-corrected chi connectivity index (χ2v) is 4.16. The number of rotatable bonds is 4. The third kappa shape index (κ3) is 2.16. The predicted octanol–water partition coefficient (Wildman–Crippen LogP) is 2.78. The van der Waals surface area contributed by atoms with E-state index in [9.17, 15) is 17.6 Å². The van der Waals surface area contributed by atoms with E-state index < -0.39 is 18.4 Å². The molecule has 0 aliphatic carbocycles. The van der Waals surface area contributed by atoms with Crippen LogP contribution in [0.2, 0.25) is 0 Å². The predicted molar refractivity (Wildman–Crippen MR) is 58.4 cm³/mol. The average molecular weight is 263 g/mol. The van der Waals surface area contributed by atoms with E-state index in [4.69, 9.17) is 4.74 Å². The Balaban J connectivity index is 2.33. The average Bonchev–Trinajstić information content (AvgIpc) is 2.76. The van der Waals surface area contributed by atoms with Crippen molar-refractivity contribution < 1.29 is 22.3 Å². The van der Waals surface area contributed by atoms with E-state index in [-0.39, 0.29) is 5.56 Å². The minimum atomic E-state index is -4.11. The molecule has 6 heteroatoms. The first kappa shape index (κ1) is 13.1. The van der Waals surface area contributed by atoms with E-state index in [2.05, 4.69) is 5.32 Å². The van der Waals surface area contributed by atoms with Crippen molar-refractivity contribution in [1.82, 2.24) is 5.32 Å². The molecule has 1 aromatic carbocycles. The SMILES string of the molecule is CNC(c1ccc2c(c1)CCO2)C(F)(F)C(F)F. The van der Waals surface area contributed by atoms with Gasteiger partial charge < -0.3 is 10.1 Å². The molecular formula is C12H13F4NO. The summed E-state index contributed by atoms with van der Waals surface area (Å²) in [5, 5.41) is 2.26. The van der Waals surface area contributed by atoms with Gasteiger partial charge in [-0.2, -0.15) is 8.78 Å². The van der Waals surface area contributed by atoms with Crippen molar-refractivity contribution in [2.75, 3.05) is 13.7 Å². The third-order valence-electron chi connectivity index (χ3n) is 3.01. The standard InChI is InChI=1S/C12H13F4NO/c1-17-10(12(15,16)11(13)14)8-2-3-9-7(6-8)4-5-18-9/h2-3,6,10-11,17H,4-5H2,1H3. The topological polar surface area (TPSA) is 21.3 Å². The van der Waals surface area contributed by atoms with Crippen LogP contribution in [0.4, 0.5) is 17.6 Å². The fourth-order valence-corrected chi connectivity index (χ4v) is 2.09. The van der Waals surface area contributed by atoms with Gasteiger partial charge in [0.15, 0.2) is 0 Å². The second kappa shape index (κ2) is 4.76. The smallest absolute Gasteiger partial charge is 0.326 e. The molecule has 0 bridgehead atoms. The summed E-state index contributed by atoms with van der Waals surface area (Å²) in [4.78, 5) is 0. The molecule has 0 spiro atoms. The highest BCUT2D eigenvalue weighted by atomic mass is 19.3. The summed E-state index contributed by atoms with van der Waals surface area (Å²) >= 11 is 0. The van der Waals surface area contributed by atoms with Gasteiger partial charge in [0.25, 0.3) is 0 Å². The van der Waals surface area contributed by atoms with Crippen molar-refractivity contribution in [3.63, 3.8) is 0 Å². The maximum atomic E-state index is 13.4. The molecule has 0 radical (unpaired) electrons. The van der Waals surface area contributed by atoms with Gasteiger partial charge in [0.05, 0.1) is 6.61 Å². The van der Waals surface area contributed by atoms with Crippen LogP contribution in [0, 0.1) is 0 Å². The molecule has 0 saturated heterocycles. The van der Waals surface area contributed by atoms with Gasteiger partial charge in [-0.1, -0.05) is 12.1 Å². The number of nitrogens with one attached hydrogen (secondary N) is 1. The van der Waals surface area contributed by atoms with Gasteiger partial charge in [-0.3, -0.25) is 0 Å². The van der Waals surface area contributed by atoms with Crippen molar-refractivity contribution in [1.29, 1.82) is 0 Å². The van der Waals surface area contributed by atoms with Gasteiger partial charge in [0.2, 0.25) is 0 Å². The summed E-state index contributed by atoms with van der Waals surface area (Å²) in [5.41, 5.74) is 0.921. The summed E-state index contributed by atoms with van der Waals surface area (Å²) in [7, 11) is 1.24. The largest absolute Gasteiger partial charge is 0.493 e. The number of halogens is 4. The molecule has 0 aromatic heterocycles. The van der Waals surface area contributed by atoms with Crippen molar-refractivity contribution in [2.24, 2.45) is 0 Å². The fourth-order valence-electron chi connectivity index (χ4n) is 2.09. The number of hydrogen-bond acceptors (Lipinski definition) is 2. The molecule has 1 N–H and O–H groups in total. The molecule has 0 fully saturated rings. The lowest BCUT2D eigenvalue weighted by Crippen LogP contribution is -2.41. The second-order valence-electron chi connectivity index (χ2n) is 4.16. The lowest BCUT2D eigenvalue weighted by Gasteiger charge is -2.26. The minimum Gasteiger partial charge on any atom is -0.493 e. The van der Waals surface area contributed by atoms with Crippen LogP contribution in [0.25, 0.3) is 0 Å². The highest BCUT2D eigenvalue weighted by Gasteiger charge is 2.48. The van der Waals surface area contributed by atoms with Crippen molar-refractivity contribution in [3.05, 3.63) is 29.3 Å². The molecule has 0 amide bonds. The van der Waals surface area contributed by atoms with Gasteiger partial charge in [-0.15, -0.1) is 0 Å². The molecule has 18 heavy (non-hydrogen) atoms. The van der Waals surface area contributed by atoms with E-state index in [0.717, 1.165) is 5.56 Å². The highest BCUT2D eigenvalue weighted by molar-refractivity contribution is 5.41. The van der Waals surface area contributed by atoms with Gasteiger partial charge in [-0.25, -0.2) is 8.78 Å². The van der Waals surface area contributed by atoms with Crippen LogP contribution in [0.5, 0.6) is 5.75 Å². The van der Waals surface area contributed by atoms with Gasteiger partial charge >= 0.3 is 12.3 Å². The number of hydrogen-bond donors (Lipinski definition) is 1. The molecule has 100 valence electrons. The molecule has 1 aliphatic heterocycles. The summed E-state index contributed by atoms with van der Waals surface area (Å²) in [6.45, 7) is 0.494. The van der Waals surface area contributed by atoms with Crippen molar-refractivity contribution in [3.8, 4) is 5.75 Å². The first-order valence-corrected chi connectivity index (χ1v) is 5.55. The molecule has 1 unspecified atom stereocenters. The number of ether oxygens (including phenoxy) is 1. The normalized spacial score (nSPS) is 16.6. The Kier molecular flexibility index (Phi) is 3.47.